The number of nitrogens with zero attached hydrogens (tertiary/aromatic N) is 1. The maximum atomic E-state index is 11.4. The summed E-state index contributed by atoms with van der Waals surface area (Å²) in [7, 11) is 0. The van der Waals surface area contributed by atoms with Gasteiger partial charge in [-0.25, -0.2) is 4.79 Å². The van der Waals surface area contributed by atoms with Crippen LogP contribution in [0.5, 0.6) is 23.3 Å². The van der Waals surface area contributed by atoms with Gasteiger partial charge in [0.2, 0.25) is 0 Å². The number of aromatic nitrogens is 2. The third-order valence-corrected chi connectivity index (χ3v) is 5.37. The van der Waals surface area contributed by atoms with Gasteiger partial charge in [-0.2, -0.15) is 4.98 Å². The summed E-state index contributed by atoms with van der Waals surface area (Å²) >= 11 is 6.54. The summed E-state index contributed by atoms with van der Waals surface area (Å²) in [4.78, 5) is 18.9. The average molecular weight is 437 g/mol. The first kappa shape index (κ1) is 19.3. The highest BCUT2D eigenvalue weighted by molar-refractivity contribution is 6.34. The van der Waals surface area contributed by atoms with Crippen LogP contribution in [0.25, 0.3) is 22.2 Å². The normalized spacial score (nSPS) is 12.7. The largest absolute Gasteiger partial charge is 0.486 e. The maximum Gasteiger partial charge on any atom is 0.336 e. The van der Waals surface area contributed by atoms with Gasteiger partial charge in [0.05, 0.1) is 21.6 Å². The first-order valence-electron chi connectivity index (χ1n) is 9.59. The Labute approximate surface area is 182 Å². The number of benzene rings is 3. The number of hydrogen-bond acceptors (Lipinski definition) is 5. The molecule has 0 fully saturated rings. The fourth-order valence-corrected chi connectivity index (χ4v) is 3.77. The zero-order chi connectivity index (χ0) is 21.5. The molecular formula is C23H17ClN2O5. The van der Waals surface area contributed by atoms with Gasteiger partial charge in [-0.15, -0.1) is 0 Å². The van der Waals surface area contributed by atoms with Crippen molar-refractivity contribution in [3.63, 3.8) is 0 Å². The Balaban J connectivity index is 1.49. The number of carboxylic acids is 1. The van der Waals surface area contributed by atoms with Crippen molar-refractivity contribution >= 4 is 28.6 Å². The number of aryl methyl sites for hydroxylation is 1. The fourth-order valence-electron chi connectivity index (χ4n) is 3.49. The van der Waals surface area contributed by atoms with E-state index in [1.807, 2.05) is 24.3 Å². The monoisotopic (exact) mass is 436 g/mol. The summed E-state index contributed by atoms with van der Waals surface area (Å²) in [6, 6.07) is 14.4. The number of ether oxygens (including phenoxy) is 3. The Hall–Kier alpha value is -3.71. The van der Waals surface area contributed by atoms with Gasteiger partial charge in [0.1, 0.15) is 19.0 Å². The van der Waals surface area contributed by atoms with Crippen molar-refractivity contribution in [1.29, 1.82) is 0 Å². The van der Waals surface area contributed by atoms with Crippen LogP contribution in [0.2, 0.25) is 5.02 Å². The first-order chi connectivity index (χ1) is 15.0. The molecule has 0 saturated heterocycles. The van der Waals surface area contributed by atoms with E-state index in [0.717, 1.165) is 11.1 Å². The second kappa shape index (κ2) is 7.52. The number of H-pyrrole nitrogens is 1. The van der Waals surface area contributed by atoms with Gasteiger partial charge in [-0.05, 0) is 54.4 Å². The lowest BCUT2D eigenvalue weighted by molar-refractivity contribution is 0.0695. The molecule has 0 bridgehead atoms. The molecule has 0 radical (unpaired) electrons. The fraction of sp³-hybridized carbons (Fsp3) is 0.130. The van der Waals surface area contributed by atoms with Crippen LogP contribution in [0.4, 0.5) is 0 Å². The number of carbonyl (C=O) groups is 1. The molecule has 1 aromatic heterocycles. The van der Waals surface area contributed by atoms with Crippen molar-refractivity contribution < 1.29 is 24.1 Å². The molecule has 0 aliphatic carbocycles. The van der Waals surface area contributed by atoms with E-state index >= 15 is 0 Å². The van der Waals surface area contributed by atoms with Crippen molar-refractivity contribution in [2.45, 2.75) is 6.92 Å². The van der Waals surface area contributed by atoms with Crippen LogP contribution < -0.4 is 14.2 Å². The lowest BCUT2D eigenvalue weighted by Crippen LogP contribution is -2.15. The molecule has 0 unspecified atom stereocenters. The number of nitrogens with one attached hydrogen (secondary N) is 1. The van der Waals surface area contributed by atoms with E-state index < -0.39 is 5.97 Å². The van der Waals surface area contributed by atoms with Crippen LogP contribution in [0.15, 0.2) is 48.5 Å². The topological polar surface area (TPSA) is 93.7 Å². The Morgan fingerprint density at radius 3 is 2.71 bits per heavy atom. The minimum Gasteiger partial charge on any atom is -0.486 e. The lowest BCUT2D eigenvalue weighted by Gasteiger charge is -2.19. The Morgan fingerprint density at radius 2 is 1.90 bits per heavy atom. The van der Waals surface area contributed by atoms with Crippen molar-refractivity contribution in [1.82, 2.24) is 9.97 Å². The van der Waals surface area contributed by atoms with Crippen molar-refractivity contribution in [3.05, 3.63) is 64.7 Å². The van der Waals surface area contributed by atoms with E-state index in [9.17, 15) is 9.90 Å². The molecule has 0 saturated carbocycles. The summed E-state index contributed by atoms with van der Waals surface area (Å²) in [6.45, 7) is 2.77. The summed E-state index contributed by atoms with van der Waals surface area (Å²) in [5.74, 6) is 0.754. The standard InChI is InChI=1S/C23H17ClN2O5/c1-12-2-4-14(9-15(12)22(27)28)31-23-25-18-10-16(17(24)11-19(18)26-23)13-3-5-20-21(8-13)30-7-6-29-20/h2-5,8-11H,6-7H2,1H3,(H,25,26)(H,27,28). The average Bonchev–Trinajstić information content (AvgIpc) is 3.15. The van der Waals surface area contributed by atoms with Crippen LogP contribution in [0, 0.1) is 6.92 Å². The van der Waals surface area contributed by atoms with E-state index in [1.54, 1.807) is 25.1 Å². The van der Waals surface area contributed by atoms with Gasteiger partial charge in [0.25, 0.3) is 6.01 Å². The molecule has 2 heterocycles. The molecule has 3 aromatic carbocycles. The second-order valence-electron chi connectivity index (χ2n) is 7.13. The molecule has 0 spiro atoms. The van der Waals surface area contributed by atoms with E-state index in [4.69, 9.17) is 25.8 Å². The summed E-state index contributed by atoms with van der Waals surface area (Å²) in [5, 5.41) is 9.85. The van der Waals surface area contributed by atoms with Gasteiger partial charge < -0.3 is 24.3 Å². The summed E-state index contributed by atoms with van der Waals surface area (Å²) in [5.41, 5.74) is 3.87. The van der Waals surface area contributed by atoms with E-state index in [0.29, 0.717) is 52.1 Å². The van der Waals surface area contributed by atoms with E-state index in [-0.39, 0.29) is 11.6 Å². The molecule has 1 aliphatic rings. The SMILES string of the molecule is Cc1ccc(Oc2nc3cc(-c4ccc5c(c4)OCCO5)c(Cl)cc3[nH]2)cc1C(=O)O. The zero-order valence-corrected chi connectivity index (χ0v) is 17.2. The zero-order valence-electron chi connectivity index (χ0n) is 16.4. The number of rotatable bonds is 4. The van der Waals surface area contributed by atoms with Crippen LogP contribution in [0.3, 0.4) is 0 Å². The van der Waals surface area contributed by atoms with E-state index in [1.165, 1.54) is 6.07 Å². The van der Waals surface area contributed by atoms with Crippen molar-refractivity contribution in [2.24, 2.45) is 0 Å². The van der Waals surface area contributed by atoms with Crippen LogP contribution in [-0.4, -0.2) is 34.3 Å². The predicted molar refractivity (Wildman–Crippen MR) is 116 cm³/mol. The number of imidazole rings is 1. The summed E-state index contributed by atoms with van der Waals surface area (Å²) in [6.07, 6.45) is 0. The summed E-state index contributed by atoms with van der Waals surface area (Å²) < 4.78 is 17.0. The Kier molecular flexibility index (Phi) is 4.67. The molecule has 5 rings (SSSR count). The molecule has 31 heavy (non-hydrogen) atoms. The molecule has 0 atom stereocenters. The maximum absolute atomic E-state index is 11.4. The van der Waals surface area contributed by atoms with Gasteiger partial charge >= 0.3 is 5.97 Å². The van der Waals surface area contributed by atoms with Crippen LogP contribution in [0.1, 0.15) is 15.9 Å². The van der Waals surface area contributed by atoms with Crippen molar-refractivity contribution in [3.8, 4) is 34.4 Å². The highest BCUT2D eigenvalue weighted by atomic mass is 35.5. The molecule has 4 aromatic rings. The lowest BCUT2D eigenvalue weighted by atomic mass is 10.0. The molecule has 7 nitrogen and oxygen atoms in total. The number of carboxylic acid groups (broad SMARTS) is 1. The molecule has 156 valence electrons. The number of hydrogen-bond donors (Lipinski definition) is 2. The molecule has 8 heteroatoms. The first-order valence-corrected chi connectivity index (χ1v) is 9.97. The predicted octanol–water partition coefficient (Wildman–Crippen LogP) is 5.45. The van der Waals surface area contributed by atoms with Gasteiger partial charge in [-0.1, -0.05) is 23.7 Å². The highest BCUT2D eigenvalue weighted by Crippen LogP contribution is 2.38. The second-order valence-corrected chi connectivity index (χ2v) is 7.54. The smallest absolute Gasteiger partial charge is 0.336 e. The van der Waals surface area contributed by atoms with E-state index in [2.05, 4.69) is 9.97 Å². The third-order valence-electron chi connectivity index (χ3n) is 5.06. The number of fused-ring (bicyclic) bond motifs is 2. The Morgan fingerprint density at radius 1 is 1.10 bits per heavy atom. The van der Waals surface area contributed by atoms with Gasteiger partial charge in [0.15, 0.2) is 11.5 Å². The third kappa shape index (κ3) is 3.64. The molecule has 2 N–H and O–H groups in total. The van der Waals surface area contributed by atoms with Crippen LogP contribution >= 0.6 is 11.6 Å². The van der Waals surface area contributed by atoms with Crippen LogP contribution in [-0.2, 0) is 0 Å². The van der Waals surface area contributed by atoms with Crippen molar-refractivity contribution in [2.75, 3.05) is 13.2 Å². The number of aromatic amines is 1. The number of aromatic carboxylic acids is 1. The number of halogens is 1. The van der Waals surface area contributed by atoms with Gasteiger partial charge in [0, 0.05) is 5.56 Å². The minimum absolute atomic E-state index is 0.178. The molecule has 0 amide bonds. The van der Waals surface area contributed by atoms with Gasteiger partial charge in [-0.3, -0.25) is 0 Å². The molecule has 1 aliphatic heterocycles. The molecular weight excluding hydrogens is 420 g/mol. The minimum atomic E-state index is -1.01. The highest BCUT2D eigenvalue weighted by Gasteiger charge is 2.16. The Bertz CT molecular complexity index is 1330. The quantitative estimate of drug-likeness (QED) is 0.441.